The van der Waals surface area contributed by atoms with Gasteiger partial charge in [-0.1, -0.05) is 13.0 Å². The molecule has 32 heavy (non-hydrogen) atoms. The molecule has 1 aromatic carbocycles. The average molecular weight is 458 g/mol. The smallest absolute Gasteiger partial charge is 0.254 e. The summed E-state index contributed by atoms with van der Waals surface area (Å²) in [5.41, 5.74) is 1.41. The van der Waals surface area contributed by atoms with Gasteiger partial charge in [-0.3, -0.25) is 9.78 Å². The molecule has 7 nitrogen and oxygen atoms in total. The minimum absolute atomic E-state index is 0.0248. The van der Waals surface area contributed by atoms with Crippen LogP contribution in [-0.4, -0.2) is 60.9 Å². The average Bonchev–Trinajstić information content (AvgIpc) is 3.32. The Morgan fingerprint density at radius 3 is 2.53 bits per heavy atom. The molecule has 2 saturated heterocycles. The van der Waals surface area contributed by atoms with Crippen molar-refractivity contribution in [2.75, 3.05) is 26.2 Å². The van der Waals surface area contributed by atoms with Crippen LogP contribution in [0.2, 0.25) is 0 Å². The highest BCUT2D eigenvalue weighted by Gasteiger charge is 2.29. The second-order valence-electron chi connectivity index (χ2n) is 8.79. The van der Waals surface area contributed by atoms with E-state index in [1.807, 2.05) is 12.1 Å². The molecule has 0 aliphatic carbocycles. The number of sulfonamides is 1. The van der Waals surface area contributed by atoms with Crippen molar-refractivity contribution in [1.82, 2.24) is 14.2 Å². The van der Waals surface area contributed by atoms with E-state index in [-0.39, 0.29) is 16.9 Å². The van der Waals surface area contributed by atoms with Gasteiger partial charge in [0.2, 0.25) is 10.0 Å². The molecule has 0 bridgehead atoms. The molecule has 0 N–H and O–H groups in total. The van der Waals surface area contributed by atoms with Gasteiger partial charge in [0, 0.05) is 50.7 Å². The molecule has 2 aromatic rings. The van der Waals surface area contributed by atoms with E-state index < -0.39 is 10.0 Å². The third-order valence-electron chi connectivity index (χ3n) is 6.31. The van der Waals surface area contributed by atoms with Crippen molar-refractivity contribution in [3.8, 4) is 0 Å². The van der Waals surface area contributed by atoms with Crippen molar-refractivity contribution in [1.29, 1.82) is 0 Å². The van der Waals surface area contributed by atoms with E-state index in [0.717, 1.165) is 37.9 Å². The number of benzene rings is 1. The van der Waals surface area contributed by atoms with Crippen LogP contribution >= 0.6 is 0 Å². The van der Waals surface area contributed by atoms with Gasteiger partial charge in [0.15, 0.2) is 0 Å². The molecule has 0 radical (unpaired) electrons. The van der Waals surface area contributed by atoms with Gasteiger partial charge >= 0.3 is 0 Å². The normalized spacial score (nSPS) is 20.3. The molecule has 8 heteroatoms. The van der Waals surface area contributed by atoms with Crippen LogP contribution in [-0.2, 0) is 21.3 Å². The molecule has 4 rings (SSSR count). The highest BCUT2D eigenvalue weighted by molar-refractivity contribution is 7.89. The Morgan fingerprint density at radius 2 is 1.91 bits per heavy atom. The molecule has 2 aliphatic heterocycles. The van der Waals surface area contributed by atoms with Gasteiger partial charge in [-0.15, -0.1) is 0 Å². The summed E-state index contributed by atoms with van der Waals surface area (Å²) >= 11 is 0. The quantitative estimate of drug-likeness (QED) is 0.637. The second kappa shape index (κ2) is 10.1. The zero-order valence-electron chi connectivity index (χ0n) is 18.5. The maximum absolute atomic E-state index is 13.3. The minimum atomic E-state index is -3.54. The first kappa shape index (κ1) is 22.9. The number of nitrogens with zero attached hydrogens (tertiary/aromatic N) is 3. The molecule has 3 heterocycles. The highest BCUT2D eigenvalue weighted by Crippen LogP contribution is 2.24. The first-order chi connectivity index (χ1) is 15.4. The number of ether oxygens (including phenoxy) is 1. The van der Waals surface area contributed by atoms with Gasteiger partial charge < -0.3 is 9.64 Å². The number of hydrogen-bond acceptors (Lipinski definition) is 5. The van der Waals surface area contributed by atoms with Crippen molar-refractivity contribution in [2.24, 2.45) is 5.92 Å². The summed E-state index contributed by atoms with van der Waals surface area (Å²) in [6.45, 7) is 4.90. The van der Waals surface area contributed by atoms with Crippen molar-refractivity contribution < 1.29 is 17.9 Å². The summed E-state index contributed by atoms with van der Waals surface area (Å²) in [5.74, 6) is 0.413. The first-order valence-corrected chi connectivity index (χ1v) is 12.8. The van der Waals surface area contributed by atoms with E-state index in [1.54, 1.807) is 45.9 Å². The number of piperidine rings is 1. The molecule has 1 aromatic heterocycles. The van der Waals surface area contributed by atoms with E-state index in [1.165, 1.54) is 0 Å². The van der Waals surface area contributed by atoms with E-state index in [4.69, 9.17) is 4.74 Å². The number of hydrogen-bond donors (Lipinski definition) is 0. The van der Waals surface area contributed by atoms with E-state index in [0.29, 0.717) is 37.7 Å². The molecule has 2 aliphatic rings. The second-order valence-corrected chi connectivity index (χ2v) is 10.7. The van der Waals surface area contributed by atoms with Crippen LogP contribution in [0.5, 0.6) is 0 Å². The lowest BCUT2D eigenvalue weighted by atomic mass is 10.0. The van der Waals surface area contributed by atoms with E-state index in [2.05, 4.69) is 11.9 Å². The fourth-order valence-corrected chi connectivity index (χ4v) is 5.76. The predicted molar refractivity (Wildman–Crippen MR) is 122 cm³/mol. The maximum Gasteiger partial charge on any atom is 0.254 e. The van der Waals surface area contributed by atoms with Gasteiger partial charge in [-0.25, -0.2) is 8.42 Å². The monoisotopic (exact) mass is 457 g/mol. The molecule has 1 atom stereocenters. The number of carbonyl (C=O) groups excluding carboxylic acids is 1. The Kier molecular flexibility index (Phi) is 7.23. The van der Waals surface area contributed by atoms with Crippen LogP contribution in [0.1, 0.15) is 48.5 Å². The van der Waals surface area contributed by atoms with Crippen molar-refractivity contribution in [3.63, 3.8) is 0 Å². The number of aromatic nitrogens is 1. The summed E-state index contributed by atoms with van der Waals surface area (Å²) < 4.78 is 33.3. The van der Waals surface area contributed by atoms with Crippen LogP contribution < -0.4 is 0 Å². The molecule has 0 saturated carbocycles. The summed E-state index contributed by atoms with van der Waals surface area (Å²) in [5, 5.41) is 0. The number of rotatable bonds is 7. The zero-order chi connectivity index (χ0) is 22.6. The van der Waals surface area contributed by atoms with Crippen LogP contribution in [0.15, 0.2) is 53.7 Å². The van der Waals surface area contributed by atoms with Gasteiger partial charge in [0.25, 0.3) is 5.91 Å². The van der Waals surface area contributed by atoms with Gasteiger partial charge in [0.05, 0.1) is 11.0 Å². The van der Waals surface area contributed by atoms with Crippen molar-refractivity contribution in [2.45, 2.75) is 50.2 Å². The Bertz CT molecular complexity index is 997. The fourth-order valence-electron chi connectivity index (χ4n) is 4.29. The third-order valence-corrected chi connectivity index (χ3v) is 8.23. The molecular formula is C24H31N3O4S. The molecule has 172 valence electrons. The molecule has 0 spiro atoms. The fraction of sp³-hybridized carbons (Fsp3) is 0.500. The summed E-state index contributed by atoms with van der Waals surface area (Å²) in [6.07, 6.45) is 7.17. The SMILES string of the molecule is CC1CCN(S(=O)(=O)c2ccc(C(=O)N(Cc3cccnc3)CC3CCCO3)cc2)CC1. The first-order valence-electron chi connectivity index (χ1n) is 11.3. The topological polar surface area (TPSA) is 79.8 Å². The summed E-state index contributed by atoms with van der Waals surface area (Å²) in [6, 6.07) is 10.1. The Balaban J connectivity index is 1.50. The van der Waals surface area contributed by atoms with Crippen LogP contribution in [0.4, 0.5) is 0 Å². The zero-order valence-corrected chi connectivity index (χ0v) is 19.3. The van der Waals surface area contributed by atoms with Crippen LogP contribution in [0.3, 0.4) is 0 Å². The third kappa shape index (κ3) is 5.36. The van der Waals surface area contributed by atoms with Crippen molar-refractivity contribution >= 4 is 15.9 Å². The minimum Gasteiger partial charge on any atom is -0.376 e. The number of amides is 1. The van der Waals surface area contributed by atoms with E-state index >= 15 is 0 Å². The lowest BCUT2D eigenvalue weighted by Gasteiger charge is -2.29. The van der Waals surface area contributed by atoms with Crippen molar-refractivity contribution in [3.05, 3.63) is 59.9 Å². The van der Waals surface area contributed by atoms with E-state index in [9.17, 15) is 13.2 Å². The summed E-state index contributed by atoms with van der Waals surface area (Å²) in [4.78, 5) is 19.5. The Hall–Kier alpha value is -2.29. The number of pyridine rings is 1. The highest BCUT2D eigenvalue weighted by atomic mass is 32.2. The van der Waals surface area contributed by atoms with Gasteiger partial charge in [0.1, 0.15) is 0 Å². The maximum atomic E-state index is 13.3. The largest absolute Gasteiger partial charge is 0.376 e. The Morgan fingerprint density at radius 1 is 1.16 bits per heavy atom. The molecular weight excluding hydrogens is 426 g/mol. The van der Waals surface area contributed by atoms with Crippen LogP contribution in [0, 0.1) is 5.92 Å². The van der Waals surface area contributed by atoms with Gasteiger partial charge in [-0.05, 0) is 67.5 Å². The molecule has 1 amide bonds. The molecule has 1 unspecified atom stereocenters. The number of carbonyl (C=O) groups is 1. The Labute approximate surface area is 190 Å². The standard InChI is InChI=1S/C24H31N3O4S/c1-19-10-13-27(14-11-19)32(29,30)23-8-6-21(7-9-23)24(28)26(18-22-5-3-15-31-22)17-20-4-2-12-25-16-20/h2,4,6-9,12,16,19,22H,3,5,10-11,13-15,17-18H2,1H3. The summed E-state index contributed by atoms with van der Waals surface area (Å²) in [7, 11) is -3.54. The van der Waals surface area contributed by atoms with Crippen LogP contribution in [0.25, 0.3) is 0 Å². The molecule has 2 fully saturated rings. The lowest BCUT2D eigenvalue weighted by molar-refractivity contribution is 0.0507. The predicted octanol–water partition coefficient (Wildman–Crippen LogP) is 3.32. The van der Waals surface area contributed by atoms with Gasteiger partial charge in [-0.2, -0.15) is 4.31 Å². The lowest BCUT2D eigenvalue weighted by Crippen LogP contribution is -2.38.